The highest BCUT2D eigenvalue weighted by atomic mass is 15.4. The van der Waals surface area contributed by atoms with Crippen molar-refractivity contribution in [3.05, 3.63) is 24.4 Å². The molecule has 0 amide bonds. The SMILES string of the molecule is NC1CC(N)CN(c2nc(N3CCN(c4ccccn4)CC3)nc(N3CC(N)CC(N)C3)n2)C1. The van der Waals surface area contributed by atoms with Crippen molar-refractivity contribution < 1.29 is 0 Å². The number of nitrogens with two attached hydrogens (primary N) is 4. The normalized spacial score (nSPS) is 28.4. The number of anilines is 4. The van der Waals surface area contributed by atoms with Crippen molar-refractivity contribution in [2.24, 2.45) is 22.9 Å². The second kappa shape index (κ2) is 9.82. The summed E-state index contributed by atoms with van der Waals surface area (Å²) in [5.41, 5.74) is 25.1. The number of piperidine rings is 2. The lowest BCUT2D eigenvalue weighted by Gasteiger charge is -2.38. The van der Waals surface area contributed by atoms with Crippen LogP contribution in [0.3, 0.4) is 0 Å². The van der Waals surface area contributed by atoms with Gasteiger partial charge in [0.15, 0.2) is 0 Å². The molecular weight excluding hydrogens is 432 g/mol. The Morgan fingerprint density at radius 1 is 0.588 bits per heavy atom. The van der Waals surface area contributed by atoms with Crippen molar-refractivity contribution in [1.82, 2.24) is 19.9 Å². The average Bonchev–Trinajstić information content (AvgIpc) is 2.83. The van der Waals surface area contributed by atoms with Gasteiger partial charge in [0.25, 0.3) is 0 Å². The molecule has 0 bridgehead atoms. The molecule has 0 aliphatic carbocycles. The van der Waals surface area contributed by atoms with Crippen LogP contribution in [0.4, 0.5) is 23.7 Å². The van der Waals surface area contributed by atoms with Crippen molar-refractivity contribution in [3.63, 3.8) is 0 Å². The number of piperazine rings is 1. The first kappa shape index (κ1) is 23.0. The van der Waals surface area contributed by atoms with E-state index in [1.165, 1.54) is 0 Å². The molecule has 3 aliphatic rings. The number of hydrogen-bond acceptors (Lipinski definition) is 12. The second-order valence-corrected chi connectivity index (χ2v) is 9.72. The largest absolute Gasteiger partial charge is 0.353 e. The predicted molar refractivity (Wildman–Crippen MR) is 134 cm³/mol. The van der Waals surface area contributed by atoms with Gasteiger partial charge in [0.1, 0.15) is 5.82 Å². The van der Waals surface area contributed by atoms with Crippen LogP contribution < -0.4 is 42.5 Å². The number of rotatable bonds is 4. The van der Waals surface area contributed by atoms with Crippen LogP contribution in [0.25, 0.3) is 0 Å². The summed E-state index contributed by atoms with van der Waals surface area (Å²) in [4.78, 5) is 27.7. The first-order valence-corrected chi connectivity index (χ1v) is 12.1. The third kappa shape index (κ3) is 5.14. The highest BCUT2D eigenvalue weighted by Gasteiger charge is 2.30. The molecule has 2 aromatic heterocycles. The van der Waals surface area contributed by atoms with Crippen LogP contribution in [-0.2, 0) is 0 Å². The summed E-state index contributed by atoms with van der Waals surface area (Å²) in [5.74, 6) is 2.89. The van der Waals surface area contributed by atoms with Crippen LogP contribution >= 0.6 is 0 Å². The van der Waals surface area contributed by atoms with Gasteiger partial charge < -0.3 is 42.5 Å². The van der Waals surface area contributed by atoms with E-state index in [1.807, 2.05) is 24.4 Å². The second-order valence-electron chi connectivity index (χ2n) is 9.72. The Morgan fingerprint density at radius 3 is 1.47 bits per heavy atom. The third-order valence-electron chi connectivity index (χ3n) is 6.73. The van der Waals surface area contributed by atoms with E-state index < -0.39 is 0 Å². The monoisotopic (exact) mass is 468 g/mol. The third-order valence-corrected chi connectivity index (χ3v) is 6.73. The molecule has 4 atom stereocenters. The van der Waals surface area contributed by atoms with Gasteiger partial charge in [-0.05, 0) is 25.0 Å². The minimum Gasteiger partial charge on any atom is -0.353 e. The molecule has 8 N–H and O–H groups in total. The Labute approximate surface area is 200 Å². The molecule has 4 unspecified atom stereocenters. The van der Waals surface area contributed by atoms with E-state index in [1.54, 1.807) is 0 Å². The molecule has 0 aromatic carbocycles. The standard InChI is InChI=1S/C22H36N12/c23-15-9-16(24)12-33(11-15)21-28-20(29-22(30-21)34-13-17(25)10-18(26)14-34)32-7-5-31(6-8-32)19-3-1-2-4-27-19/h1-4,15-18H,5-14,23-26H2. The fraction of sp³-hybridized carbons (Fsp3) is 0.636. The number of aromatic nitrogens is 4. The van der Waals surface area contributed by atoms with Gasteiger partial charge in [-0.3, -0.25) is 0 Å². The minimum atomic E-state index is -0.00818. The van der Waals surface area contributed by atoms with Crippen molar-refractivity contribution in [2.45, 2.75) is 37.0 Å². The van der Waals surface area contributed by atoms with Crippen molar-refractivity contribution in [3.8, 4) is 0 Å². The van der Waals surface area contributed by atoms with E-state index in [2.05, 4.69) is 24.6 Å². The highest BCUT2D eigenvalue weighted by molar-refractivity contribution is 5.49. The molecule has 3 saturated heterocycles. The molecule has 12 heteroatoms. The van der Waals surface area contributed by atoms with Gasteiger partial charge in [0.05, 0.1) is 0 Å². The number of pyridine rings is 1. The van der Waals surface area contributed by atoms with Crippen LogP contribution in [0.1, 0.15) is 12.8 Å². The zero-order valence-corrected chi connectivity index (χ0v) is 19.6. The van der Waals surface area contributed by atoms with E-state index in [4.69, 9.17) is 37.9 Å². The van der Waals surface area contributed by atoms with Gasteiger partial charge >= 0.3 is 0 Å². The lowest BCUT2D eigenvalue weighted by molar-refractivity contribution is 0.440. The van der Waals surface area contributed by atoms with Crippen LogP contribution in [-0.4, -0.2) is 96.5 Å². The highest BCUT2D eigenvalue weighted by Crippen LogP contribution is 2.24. The molecule has 5 rings (SSSR count). The zero-order chi connectivity index (χ0) is 23.7. The summed E-state index contributed by atoms with van der Waals surface area (Å²) < 4.78 is 0. The van der Waals surface area contributed by atoms with Crippen molar-refractivity contribution in [2.75, 3.05) is 72.0 Å². The zero-order valence-electron chi connectivity index (χ0n) is 19.6. The van der Waals surface area contributed by atoms with Crippen LogP contribution in [0.15, 0.2) is 24.4 Å². The first-order valence-electron chi connectivity index (χ1n) is 12.1. The minimum absolute atomic E-state index is 0.00818. The fourth-order valence-corrected chi connectivity index (χ4v) is 5.13. The van der Waals surface area contributed by atoms with Gasteiger partial charge in [-0.1, -0.05) is 6.07 Å². The van der Waals surface area contributed by atoms with Crippen LogP contribution in [0, 0.1) is 0 Å². The van der Waals surface area contributed by atoms with E-state index in [-0.39, 0.29) is 24.2 Å². The van der Waals surface area contributed by atoms with Gasteiger partial charge in [0.2, 0.25) is 17.8 Å². The summed E-state index contributed by atoms with van der Waals surface area (Å²) in [6.07, 6.45) is 3.42. The van der Waals surface area contributed by atoms with Crippen LogP contribution in [0.2, 0.25) is 0 Å². The van der Waals surface area contributed by atoms with Crippen LogP contribution in [0.5, 0.6) is 0 Å². The molecule has 34 heavy (non-hydrogen) atoms. The fourth-order valence-electron chi connectivity index (χ4n) is 5.13. The van der Waals surface area contributed by atoms with E-state index in [0.29, 0.717) is 44.0 Å². The molecular formula is C22H36N12. The van der Waals surface area contributed by atoms with Crippen molar-refractivity contribution >= 4 is 23.7 Å². The Balaban J connectivity index is 1.40. The number of hydrogen-bond donors (Lipinski definition) is 4. The Kier molecular flexibility index (Phi) is 6.63. The smallest absolute Gasteiger partial charge is 0.232 e. The Hall–Kier alpha value is -2.80. The summed E-state index contributed by atoms with van der Waals surface area (Å²) in [5, 5.41) is 0. The van der Waals surface area contributed by atoms with E-state index in [0.717, 1.165) is 44.8 Å². The van der Waals surface area contributed by atoms with Gasteiger partial charge in [-0.2, -0.15) is 15.0 Å². The molecule has 2 aromatic rings. The predicted octanol–water partition coefficient (Wildman–Crippen LogP) is -1.68. The topological polar surface area (TPSA) is 169 Å². The molecule has 0 spiro atoms. The number of nitrogens with zero attached hydrogens (tertiary/aromatic N) is 8. The van der Waals surface area contributed by atoms with Gasteiger partial charge in [-0.25, -0.2) is 4.98 Å². The molecule has 184 valence electrons. The maximum absolute atomic E-state index is 6.26. The van der Waals surface area contributed by atoms with Gasteiger partial charge in [0, 0.05) is 82.7 Å². The average molecular weight is 469 g/mol. The maximum Gasteiger partial charge on any atom is 0.232 e. The Morgan fingerprint density at radius 2 is 1.03 bits per heavy atom. The molecule has 0 saturated carbocycles. The Bertz CT molecular complexity index is 886. The summed E-state index contributed by atoms with van der Waals surface area (Å²) in [6.45, 7) is 5.94. The molecule has 3 aliphatic heterocycles. The van der Waals surface area contributed by atoms with E-state index in [9.17, 15) is 0 Å². The lowest BCUT2D eigenvalue weighted by atomic mass is 10.0. The summed E-state index contributed by atoms with van der Waals surface area (Å²) in [6, 6.07) is 5.96. The first-order chi connectivity index (χ1) is 16.4. The van der Waals surface area contributed by atoms with Crippen molar-refractivity contribution in [1.29, 1.82) is 0 Å². The molecule has 3 fully saturated rings. The maximum atomic E-state index is 6.26. The molecule has 0 radical (unpaired) electrons. The molecule has 12 nitrogen and oxygen atoms in total. The summed E-state index contributed by atoms with van der Waals surface area (Å²) in [7, 11) is 0. The molecule has 5 heterocycles. The summed E-state index contributed by atoms with van der Waals surface area (Å²) >= 11 is 0. The lowest BCUT2D eigenvalue weighted by Crippen LogP contribution is -2.54. The quantitative estimate of drug-likeness (QED) is 0.403. The van der Waals surface area contributed by atoms with E-state index >= 15 is 0 Å². The van der Waals surface area contributed by atoms with Gasteiger partial charge in [-0.15, -0.1) is 0 Å².